The molecule has 8 heteroatoms. The van der Waals surface area contributed by atoms with E-state index in [0.717, 1.165) is 34.6 Å². The van der Waals surface area contributed by atoms with Crippen molar-refractivity contribution in [2.45, 2.75) is 6.92 Å². The smallest absolute Gasteiger partial charge is 0.340 e. The number of hydrogen-bond donors (Lipinski definition) is 2. The van der Waals surface area contributed by atoms with Crippen LogP contribution in [0.4, 0.5) is 9.39 Å². The molecule has 1 heterocycles. The Morgan fingerprint density at radius 2 is 2.05 bits per heavy atom. The molecule has 1 amide bonds. The minimum atomic E-state index is -1.20. The summed E-state index contributed by atoms with van der Waals surface area (Å²) in [6.45, 7) is 1.52. The summed E-state index contributed by atoms with van der Waals surface area (Å²) >= 11 is 0.863. The van der Waals surface area contributed by atoms with Gasteiger partial charge in [-0.2, -0.15) is 4.37 Å². The molecule has 0 spiro atoms. The van der Waals surface area contributed by atoms with Crippen LogP contribution in [-0.2, 0) is 0 Å². The highest BCUT2D eigenvalue weighted by molar-refractivity contribution is 7.11. The Balaban J connectivity index is 2.42. The molecule has 2 aromatic rings. The number of nitrogens with zero attached hydrogens (tertiary/aromatic N) is 2. The fourth-order valence-corrected chi connectivity index (χ4v) is 2.64. The number of aryl methyl sites for hydroxylation is 1. The van der Waals surface area contributed by atoms with Crippen molar-refractivity contribution in [3.8, 4) is 5.75 Å². The summed E-state index contributed by atoms with van der Waals surface area (Å²) in [4.78, 5) is 24.6. The standard InChI is InChI=1S/C13H11FN2O4S/c1-6-10(13(19)20)12(21-15-6)16(2)11(18)8-4-3-7(14)5-9(8)17/h3-5,17H,1-2H3,(H,19,20). The number of hydrogen-bond acceptors (Lipinski definition) is 5. The van der Waals surface area contributed by atoms with Gasteiger partial charge in [0.15, 0.2) is 0 Å². The number of carbonyl (C=O) groups is 2. The first-order valence-corrected chi connectivity index (χ1v) is 6.56. The number of aromatic hydroxyl groups is 1. The minimum Gasteiger partial charge on any atom is -0.507 e. The van der Waals surface area contributed by atoms with Gasteiger partial charge in [-0.3, -0.25) is 4.79 Å². The maximum absolute atomic E-state index is 12.9. The fourth-order valence-electron chi connectivity index (χ4n) is 1.79. The minimum absolute atomic E-state index is 0.0718. The summed E-state index contributed by atoms with van der Waals surface area (Å²) in [5.41, 5.74) is 0.101. The van der Waals surface area contributed by atoms with Gasteiger partial charge in [-0.15, -0.1) is 0 Å². The van der Waals surface area contributed by atoms with Crippen LogP contribution in [0.2, 0.25) is 0 Å². The number of anilines is 1. The van der Waals surface area contributed by atoms with Gasteiger partial charge in [-0.25, -0.2) is 9.18 Å². The molecular weight excluding hydrogens is 299 g/mol. The van der Waals surface area contributed by atoms with E-state index in [-0.39, 0.29) is 16.1 Å². The Morgan fingerprint density at radius 1 is 1.38 bits per heavy atom. The zero-order valence-corrected chi connectivity index (χ0v) is 11.9. The first kappa shape index (κ1) is 14.9. The van der Waals surface area contributed by atoms with Crippen LogP contribution in [0.15, 0.2) is 18.2 Å². The van der Waals surface area contributed by atoms with E-state index in [1.54, 1.807) is 0 Å². The lowest BCUT2D eigenvalue weighted by Crippen LogP contribution is -2.27. The number of rotatable bonds is 3. The van der Waals surface area contributed by atoms with Gasteiger partial charge in [0, 0.05) is 13.1 Å². The van der Waals surface area contributed by atoms with E-state index in [1.807, 2.05) is 0 Å². The molecule has 110 valence electrons. The molecule has 2 rings (SSSR count). The van der Waals surface area contributed by atoms with Gasteiger partial charge in [0.2, 0.25) is 0 Å². The molecule has 0 saturated heterocycles. The summed E-state index contributed by atoms with van der Waals surface area (Å²) in [6, 6.07) is 2.99. The lowest BCUT2D eigenvalue weighted by atomic mass is 10.1. The van der Waals surface area contributed by atoms with Crippen molar-refractivity contribution in [3.05, 3.63) is 40.8 Å². The summed E-state index contributed by atoms with van der Waals surface area (Å²) < 4.78 is 16.9. The average molecular weight is 310 g/mol. The number of carboxylic acids is 1. The number of phenolic OH excluding ortho intramolecular Hbond substituents is 1. The first-order valence-electron chi connectivity index (χ1n) is 5.79. The van der Waals surface area contributed by atoms with Gasteiger partial charge in [-0.05, 0) is 30.6 Å². The summed E-state index contributed by atoms with van der Waals surface area (Å²) in [5.74, 6) is -3.03. The van der Waals surface area contributed by atoms with Gasteiger partial charge in [0.05, 0.1) is 11.3 Å². The van der Waals surface area contributed by atoms with Crippen molar-refractivity contribution < 1.29 is 24.2 Å². The normalized spacial score (nSPS) is 10.4. The number of carboxylic acid groups (broad SMARTS) is 1. The van der Waals surface area contributed by atoms with Crippen LogP contribution in [0, 0.1) is 12.7 Å². The highest BCUT2D eigenvalue weighted by Crippen LogP contribution is 2.30. The summed E-state index contributed by atoms with van der Waals surface area (Å²) in [5, 5.41) is 18.9. The highest BCUT2D eigenvalue weighted by atomic mass is 32.1. The second kappa shape index (κ2) is 5.49. The molecule has 0 aliphatic heterocycles. The van der Waals surface area contributed by atoms with Gasteiger partial charge in [0.1, 0.15) is 22.1 Å². The van der Waals surface area contributed by atoms with Crippen molar-refractivity contribution >= 4 is 28.4 Å². The lowest BCUT2D eigenvalue weighted by Gasteiger charge is -2.16. The van der Waals surface area contributed by atoms with Crippen LogP contribution in [-0.4, -0.2) is 33.5 Å². The third-order valence-corrected chi connectivity index (χ3v) is 3.87. The number of aromatic nitrogens is 1. The predicted molar refractivity (Wildman–Crippen MR) is 74.6 cm³/mol. The largest absolute Gasteiger partial charge is 0.507 e. The van der Waals surface area contributed by atoms with E-state index in [4.69, 9.17) is 5.11 Å². The molecule has 1 aromatic heterocycles. The molecule has 0 fully saturated rings. The third kappa shape index (κ3) is 2.70. The van der Waals surface area contributed by atoms with E-state index in [0.29, 0.717) is 5.69 Å². The molecule has 0 atom stereocenters. The van der Waals surface area contributed by atoms with Crippen LogP contribution < -0.4 is 4.90 Å². The molecule has 0 unspecified atom stereocenters. The number of benzene rings is 1. The SMILES string of the molecule is Cc1nsc(N(C)C(=O)c2ccc(F)cc2O)c1C(=O)O. The molecule has 1 aromatic carbocycles. The number of carbonyl (C=O) groups excluding carboxylic acids is 1. The second-order valence-electron chi connectivity index (χ2n) is 4.28. The van der Waals surface area contributed by atoms with E-state index < -0.39 is 23.4 Å². The fraction of sp³-hybridized carbons (Fsp3) is 0.154. The second-order valence-corrected chi connectivity index (χ2v) is 5.03. The zero-order chi connectivity index (χ0) is 15.7. The van der Waals surface area contributed by atoms with Gasteiger partial charge < -0.3 is 15.1 Å². The van der Waals surface area contributed by atoms with Crippen molar-refractivity contribution in [3.63, 3.8) is 0 Å². The molecule has 2 N–H and O–H groups in total. The Bertz CT molecular complexity index is 729. The lowest BCUT2D eigenvalue weighted by molar-refractivity contribution is 0.0697. The Hall–Kier alpha value is -2.48. The maximum atomic E-state index is 12.9. The molecule has 0 bridgehead atoms. The highest BCUT2D eigenvalue weighted by Gasteiger charge is 2.26. The Kier molecular flexibility index (Phi) is 3.90. The Labute approximate surface area is 123 Å². The molecule has 21 heavy (non-hydrogen) atoms. The monoisotopic (exact) mass is 310 g/mol. The third-order valence-electron chi connectivity index (χ3n) is 2.86. The first-order chi connectivity index (χ1) is 9.82. The predicted octanol–water partition coefficient (Wildman–Crippen LogP) is 2.27. The molecule has 0 aliphatic carbocycles. The Morgan fingerprint density at radius 3 is 2.62 bits per heavy atom. The van der Waals surface area contributed by atoms with Crippen LogP contribution >= 0.6 is 11.5 Å². The van der Waals surface area contributed by atoms with Crippen molar-refractivity contribution in [2.24, 2.45) is 0 Å². The van der Waals surface area contributed by atoms with Crippen LogP contribution in [0.1, 0.15) is 26.4 Å². The van der Waals surface area contributed by atoms with Crippen molar-refractivity contribution in [1.29, 1.82) is 0 Å². The molecule has 0 aliphatic rings. The number of aromatic carboxylic acids is 1. The van der Waals surface area contributed by atoms with Crippen LogP contribution in [0.3, 0.4) is 0 Å². The zero-order valence-electron chi connectivity index (χ0n) is 11.1. The van der Waals surface area contributed by atoms with Crippen molar-refractivity contribution in [1.82, 2.24) is 4.37 Å². The molecule has 0 radical (unpaired) electrons. The summed E-state index contributed by atoms with van der Waals surface area (Å²) in [7, 11) is 1.37. The van der Waals surface area contributed by atoms with Gasteiger partial charge >= 0.3 is 5.97 Å². The van der Waals surface area contributed by atoms with Crippen molar-refractivity contribution in [2.75, 3.05) is 11.9 Å². The number of phenols is 1. The van der Waals surface area contributed by atoms with E-state index >= 15 is 0 Å². The van der Waals surface area contributed by atoms with Crippen LogP contribution in [0.5, 0.6) is 5.75 Å². The maximum Gasteiger partial charge on any atom is 0.340 e. The molecule has 0 saturated carbocycles. The van der Waals surface area contributed by atoms with E-state index in [2.05, 4.69) is 4.37 Å². The average Bonchev–Trinajstić information content (AvgIpc) is 2.79. The summed E-state index contributed by atoms with van der Waals surface area (Å²) in [6.07, 6.45) is 0. The molecular formula is C13H11FN2O4S. The topological polar surface area (TPSA) is 90.7 Å². The number of amides is 1. The van der Waals surface area contributed by atoms with E-state index in [9.17, 15) is 19.1 Å². The quantitative estimate of drug-likeness (QED) is 0.907. The van der Waals surface area contributed by atoms with Crippen LogP contribution in [0.25, 0.3) is 0 Å². The van der Waals surface area contributed by atoms with E-state index in [1.165, 1.54) is 14.0 Å². The number of halogens is 1. The van der Waals surface area contributed by atoms with Gasteiger partial charge in [0.25, 0.3) is 5.91 Å². The molecule has 6 nitrogen and oxygen atoms in total. The van der Waals surface area contributed by atoms with Gasteiger partial charge in [-0.1, -0.05) is 0 Å².